The van der Waals surface area contributed by atoms with E-state index >= 15 is 0 Å². The van der Waals surface area contributed by atoms with Crippen molar-refractivity contribution < 1.29 is 14.3 Å². The Balaban J connectivity index is 1.99. The fourth-order valence-corrected chi connectivity index (χ4v) is 3.69. The van der Waals surface area contributed by atoms with Crippen molar-refractivity contribution in [2.24, 2.45) is 5.73 Å². The van der Waals surface area contributed by atoms with E-state index < -0.39 is 5.91 Å². The SMILES string of the molecule is COc1cc(CNC2CCCCCCC2)cc(Br)c1OCC(N)=O. The summed E-state index contributed by atoms with van der Waals surface area (Å²) in [5.41, 5.74) is 6.25. The smallest absolute Gasteiger partial charge is 0.255 e. The fraction of sp³-hybridized carbons (Fsp3) is 0.611. The molecule has 6 heteroatoms. The van der Waals surface area contributed by atoms with Gasteiger partial charge in [0.15, 0.2) is 18.1 Å². The number of primary amides is 1. The van der Waals surface area contributed by atoms with Gasteiger partial charge in [0.05, 0.1) is 11.6 Å². The molecule has 0 aliphatic heterocycles. The van der Waals surface area contributed by atoms with Crippen LogP contribution in [0.5, 0.6) is 11.5 Å². The van der Waals surface area contributed by atoms with Crippen LogP contribution in [0.2, 0.25) is 0 Å². The maximum Gasteiger partial charge on any atom is 0.255 e. The molecule has 1 saturated carbocycles. The molecule has 0 atom stereocenters. The van der Waals surface area contributed by atoms with Crippen molar-refractivity contribution in [2.45, 2.75) is 57.5 Å². The van der Waals surface area contributed by atoms with E-state index in [0.29, 0.717) is 17.5 Å². The monoisotopic (exact) mass is 398 g/mol. The standard InChI is InChI=1S/C18H27BrN2O3/c1-23-16-10-13(9-15(19)18(16)24-12-17(20)22)11-21-14-7-5-3-2-4-6-8-14/h9-10,14,21H,2-8,11-12H2,1H3,(H2,20,22). The zero-order valence-electron chi connectivity index (χ0n) is 14.3. The number of hydrogen-bond donors (Lipinski definition) is 2. The van der Waals surface area contributed by atoms with Crippen LogP contribution in [0.25, 0.3) is 0 Å². The number of hydrogen-bond acceptors (Lipinski definition) is 4. The summed E-state index contributed by atoms with van der Waals surface area (Å²) in [7, 11) is 1.59. The van der Waals surface area contributed by atoms with Crippen molar-refractivity contribution in [1.29, 1.82) is 0 Å². The lowest BCUT2D eigenvalue weighted by atomic mass is 9.96. The summed E-state index contributed by atoms with van der Waals surface area (Å²) in [4.78, 5) is 10.9. The Morgan fingerprint density at radius 3 is 2.54 bits per heavy atom. The summed E-state index contributed by atoms with van der Waals surface area (Å²) in [5.74, 6) is 0.588. The van der Waals surface area contributed by atoms with E-state index in [4.69, 9.17) is 15.2 Å². The summed E-state index contributed by atoms with van der Waals surface area (Å²) in [6.45, 7) is 0.615. The zero-order valence-corrected chi connectivity index (χ0v) is 15.9. The number of carbonyl (C=O) groups is 1. The van der Waals surface area contributed by atoms with Crippen LogP contribution in [0.1, 0.15) is 50.5 Å². The minimum Gasteiger partial charge on any atom is -0.493 e. The Kier molecular flexibility index (Phi) is 7.85. The normalized spacial score (nSPS) is 16.2. The van der Waals surface area contributed by atoms with Gasteiger partial charge in [0.2, 0.25) is 0 Å². The highest BCUT2D eigenvalue weighted by molar-refractivity contribution is 9.10. The van der Waals surface area contributed by atoms with E-state index in [1.165, 1.54) is 44.9 Å². The van der Waals surface area contributed by atoms with Gasteiger partial charge in [0, 0.05) is 12.6 Å². The lowest BCUT2D eigenvalue weighted by Gasteiger charge is -2.21. The molecule has 0 heterocycles. The molecule has 0 unspecified atom stereocenters. The van der Waals surface area contributed by atoms with Crippen molar-refractivity contribution in [3.8, 4) is 11.5 Å². The van der Waals surface area contributed by atoms with Crippen LogP contribution in [0.3, 0.4) is 0 Å². The lowest BCUT2D eigenvalue weighted by Crippen LogP contribution is -2.29. The summed E-state index contributed by atoms with van der Waals surface area (Å²) in [6, 6.07) is 4.52. The molecule has 0 saturated heterocycles. The maximum atomic E-state index is 10.9. The Bertz CT molecular complexity index is 543. The number of nitrogens with two attached hydrogens (primary N) is 1. The fourth-order valence-electron chi connectivity index (χ4n) is 3.08. The van der Waals surface area contributed by atoms with Crippen LogP contribution >= 0.6 is 15.9 Å². The molecule has 0 radical (unpaired) electrons. The van der Waals surface area contributed by atoms with Crippen LogP contribution in [0, 0.1) is 0 Å². The van der Waals surface area contributed by atoms with Crippen molar-refractivity contribution in [2.75, 3.05) is 13.7 Å². The minimum absolute atomic E-state index is 0.172. The van der Waals surface area contributed by atoms with Crippen molar-refractivity contribution in [3.05, 3.63) is 22.2 Å². The van der Waals surface area contributed by atoms with E-state index in [0.717, 1.165) is 16.6 Å². The number of rotatable bonds is 7. The number of halogens is 1. The van der Waals surface area contributed by atoms with Gasteiger partial charge in [-0.15, -0.1) is 0 Å². The van der Waals surface area contributed by atoms with E-state index in [1.807, 2.05) is 12.1 Å². The van der Waals surface area contributed by atoms with Crippen molar-refractivity contribution in [3.63, 3.8) is 0 Å². The van der Waals surface area contributed by atoms with Gasteiger partial charge < -0.3 is 20.5 Å². The van der Waals surface area contributed by atoms with Gasteiger partial charge in [-0.2, -0.15) is 0 Å². The molecule has 1 aliphatic carbocycles. The average molecular weight is 399 g/mol. The second kappa shape index (κ2) is 9.89. The van der Waals surface area contributed by atoms with Gasteiger partial charge >= 0.3 is 0 Å². The van der Waals surface area contributed by atoms with Crippen LogP contribution in [0.4, 0.5) is 0 Å². The summed E-state index contributed by atoms with van der Waals surface area (Å²) < 4.78 is 11.6. The predicted molar refractivity (Wildman–Crippen MR) is 98.3 cm³/mol. The van der Waals surface area contributed by atoms with E-state index in [2.05, 4.69) is 21.2 Å². The highest BCUT2D eigenvalue weighted by Gasteiger charge is 2.15. The van der Waals surface area contributed by atoms with Crippen LogP contribution < -0.4 is 20.5 Å². The third-order valence-corrected chi connectivity index (χ3v) is 4.94. The first kappa shape index (κ1) is 19.1. The summed E-state index contributed by atoms with van der Waals surface area (Å²) in [5, 5.41) is 3.66. The molecule has 0 spiro atoms. The number of nitrogens with one attached hydrogen (secondary N) is 1. The Morgan fingerprint density at radius 2 is 1.92 bits per heavy atom. The second-order valence-corrected chi connectivity index (χ2v) is 7.14. The second-order valence-electron chi connectivity index (χ2n) is 6.29. The van der Waals surface area contributed by atoms with Crippen molar-refractivity contribution in [1.82, 2.24) is 5.32 Å². The molecule has 1 fully saturated rings. The Hall–Kier alpha value is -1.27. The van der Waals surface area contributed by atoms with Crippen LogP contribution in [-0.2, 0) is 11.3 Å². The third-order valence-electron chi connectivity index (χ3n) is 4.35. The number of benzene rings is 1. The molecule has 1 aliphatic rings. The number of carbonyl (C=O) groups excluding carboxylic acids is 1. The van der Waals surface area contributed by atoms with Gasteiger partial charge in [-0.1, -0.05) is 32.1 Å². The largest absolute Gasteiger partial charge is 0.493 e. The minimum atomic E-state index is -0.515. The van der Waals surface area contributed by atoms with Gasteiger partial charge in [-0.05, 0) is 46.5 Å². The zero-order chi connectivity index (χ0) is 17.4. The molecule has 2 rings (SSSR count). The first-order valence-corrected chi connectivity index (χ1v) is 9.40. The number of ether oxygens (including phenoxy) is 2. The highest BCUT2D eigenvalue weighted by atomic mass is 79.9. The summed E-state index contributed by atoms with van der Waals surface area (Å²) in [6.07, 6.45) is 9.20. The van der Waals surface area contributed by atoms with Gasteiger partial charge in [0.25, 0.3) is 5.91 Å². The van der Waals surface area contributed by atoms with E-state index in [1.54, 1.807) is 7.11 Å². The third kappa shape index (κ3) is 5.98. The van der Waals surface area contributed by atoms with E-state index in [9.17, 15) is 4.79 Å². The molecule has 134 valence electrons. The summed E-state index contributed by atoms with van der Waals surface area (Å²) >= 11 is 3.49. The molecule has 3 N–H and O–H groups in total. The van der Waals surface area contributed by atoms with Crippen LogP contribution in [-0.4, -0.2) is 25.7 Å². The number of amides is 1. The average Bonchev–Trinajstić information content (AvgIpc) is 2.52. The topological polar surface area (TPSA) is 73.6 Å². The molecular weight excluding hydrogens is 372 g/mol. The maximum absolute atomic E-state index is 10.9. The van der Waals surface area contributed by atoms with Gasteiger partial charge in [0.1, 0.15) is 0 Å². The molecule has 24 heavy (non-hydrogen) atoms. The van der Waals surface area contributed by atoms with Gasteiger partial charge in [-0.3, -0.25) is 4.79 Å². The Morgan fingerprint density at radius 1 is 1.25 bits per heavy atom. The quantitative estimate of drug-likeness (QED) is 0.736. The van der Waals surface area contributed by atoms with Crippen LogP contribution in [0.15, 0.2) is 16.6 Å². The molecule has 5 nitrogen and oxygen atoms in total. The molecule has 0 aromatic heterocycles. The molecular formula is C18H27BrN2O3. The molecule has 0 bridgehead atoms. The Labute approximate surface area is 152 Å². The van der Waals surface area contributed by atoms with E-state index in [-0.39, 0.29) is 6.61 Å². The van der Waals surface area contributed by atoms with Gasteiger partial charge in [-0.25, -0.2) is 0 Å². The first-order chi connectivity index (χ1) is 11.6. The first-order valence-electron chi connectivity index (χ1n) is 8.61. The van der Waals surface area contributed by atoms with Crippen molar-refractivity contribution >= 4 is 21.8 Å². The molecule has 1 aromatic rings. The predicted octanol–water partition coefficient (Wildman–Crippen LogP) is 3.52. The molecule has 1 aromatic carbocycles. The lowest BCUT2D eigenvalue weighted by molar-refractivity contribution is -0.119. The molecule has 1 amide bonds. The number of methoxy groups -OCH3 is 1. The highest BCUT2D eigenvalue weighted by Crippen LogP contribution is 2.36.